The second kappa shape index (κ2) is 8.67. The van der Waals surface area contributed by atoms with Crippen LogP contribution in [0.4, 0.5) is 5.69 Å². The van der Waals surface area contributed by atoms with E-state index >= 15 is 0 Å². The Morgan fingerprint density at radius 1 is 0.919 bits per heavy atom. The third kappa shape index (κ3) is 4.29. The average Bonchev–Trinajstić information content (AvgIpc) is 3.60. The average molecular weight is 507 g/mol. The lowest BCUT2D eigenvalue weighted by Crippen LogP contribution is -2.27. The number of pyridine rings is 2. The largest absolute Gasteiger partial charge is 0.353 e. The van der Waals surface area contributed by atoms with Crippen molar-refractivity contribution in [3.63, 3.8) is 0 Å². The molecule has 0 aliphatic carbocycles. The third-order valence-corrected chi connectivity index (χ3v) is 7.36. The highest BCUT2D eigenvalue weighted by Crippen LogP contribution is 2.36. The van der Waals surface area contributed by atoms with Gasteiger partial charge in [0, 0.05) is 44.5 Å². The van der Waals surface area contributed by atoms with Gasteiger partial charge in [-0.1, -0.05) is 26.8 Å². The van der Waals surface area contributed by atoms with Crippen molar-refractivity contribution in [3.05, 3.63) is 72.0 Å². The first-order chi connectivity index (χ1) is 17.8. The molecule has 37 heavy (non-hydrogen) atoms. The minimum atomic E-state index is -0.488. The van der Waals surface area contributed by atoms with Crippen molar-refractivity contribution in [1.82, 2.24) is 25.1 Å². The van der Waals surface area contributed by atoms with E-state index < -0.39 is 5.41 Å². The molecule has 1 aromatic carbocycles. The summed E-state index contributed by atoms with van der Waals surface area (Å²) in [5.74, 6) is -0.0515. The number of thiophene rings is 1. The van der Waals surface area contributed by atoms with E-state index in [4.69, 9.17) is 0 Å². The second-order valence-electron chi connectivity index (χ2n) is 10.2. The highest BCUT2D eigenvalue weighted by Gasteiger charge is 2.21. The van der Waals surface area contributed by atoms with Crippen LogP contribution in [0.2, 0.25) is 0 Å². The number of nitrogens with one attached hydrogen (secondary N) is 3. The highest BCUT2D eigenvalue weighted by molar-refractivity contribution is 7.15. The van der Waals surface area contributed by atoms with E-state index in [9.17, 15) is 4.79 Å². The van der Waals surface area contributed by atoms with Crippen LogP contribution in [0.15, 0.2) is 67.1 Å². The van der Waals surface area contributed by atoms with E-state index in [-0.39, 0.29) is 5.91 Å². The molecule has 5 heterocycles. The molecule has 0 aliphatic heterocycles. The molecule has 8 heteroatoms. The molecule has 6 aromatic rings. The molecule has 6 rings (SSSR count). The molecular formula is C29H26N6OS. The molecular weight excluding hydrogens is 480 g/mol. The number of aromatic amines is 2. The summed E-state index contributed by atoms with van der Waals surface area (Å²) in [5.41, 5.74) is 6.77. The Hall–Kier alpha value is -4.30. The second-order valence-corrected chi connectivity index (χ2v) is 11.5. The van der Waals surface area contributed by atoms with E-state index in [1.807, 2.05) is 51.2 Å². The first-order valence-electron chi connectivity index (χ1n) is 12.1. The van der Waals surface area contributed by atoms with Gasteiger partial charge in [0.15, 0.2) is 0 Å². The molecule has 3 N–H and O–H groups in total. The predicted molar refractivity (Wildman–Crippen MR) is 151 cm³/mol. The topological polar surface area (TPSA) is 99.3 Å². The van der Waals surface area contributed by atoms with E-state index in [0.717, 1.165) is 54.9 Å². The molecule has 0 saturated heterocycles. The van der Waals surface area contributed by atoms with Crippen LogP contribution in [0, 0.1) is 12.3 Å². The molecule has 0 bridgehead atoms. The molecule has 0 spiro atoms. The van der Waals surface area contributed by atoms with Crippen LogP contribution >= 0.6 is 11.3 Å². The number of H-pyrrole nitrogens is 2. The molecule has 0 atom stereocenters. The van der Waals surface area contributed by atoms with Gasteiger partial charge in [-0.3, -0.25) is 19.9 Å². The van der Waals surface area contributed by atoms with Gasteiger partial charge in [0.25, 0.3) is 0 Å². The summed E-state index contributed by atoms with van der Waals surface area (Å²) in [7, 11) is 0. The minimum absolute atomic E-state index is 0.0515. The minimum Gasteiger partial charge on any atom is -0.353 e. The van der Waals surface area contributed by atoms with E-state index in [1.165, 1.54) is 4.88 Å². The fourth-order valence-corrected chi connectivity index (χ4v) is 5.20. The van der Waals surface area contributed by atoms with Gasteiger partial charge in [0.2, 0.25) is 5.91 Å². The summed E-state index contributed by atoms with van der Waals surface area (Å²) in [5, 5.41) is 12.8. The number of aryl methyl sites for hydroxylation is 1. The summed E-state index contributed by atoms with van der Waals surface area (Å²) >= 11 is 1.74. The zero-order chi connectivity index (χ0) is 25.7. The third-order valence-electron chi connectivity index (χ3n) is 6.35. The molecule has 1 amide bonds. The van der Waals surface area contributed by atoms with Gasteiger partial charge in [-0.2, -0.15) is 5.10 Å². The molecule has 0 radical (unpaired) electrons. The first kappa shape index (κ1) is 23.1. The van der Waals surface area contributed by atoms with Crippen LogP contribution in [-0.2, 0) is 4.79 Å². The zero-order valence-electron chi connectivity index (χ0n) is 21.0. The van der Waals surface area contributed by atoms with Crippen molar-refractivity contribution in [2.45, 2.75) is 27.7 Å². The van der Waals surface area contributed by atoms with Crippen LogP contribution in [0.3, 0.4) is 0 Å². The standard InChI is InChI=1S/C29H26N6OS/c1-16-5-8-25(37-16)27-21-13-24(33-22(21)9-10-31-27)26-20-12-17(6-7-23(20)34-35-26)18-11-19(15-30-14-18)32-28(36)29(2,3)4/h5-15,33H,1-4H3,(H,32,36)(H,34,35). The zero-order valence-corrected chi connectivity index (χ0v) is 21.8. The van der Waals surface area contributed by atoms with Crippen molar-refractivity contribution in [3.8, 4) is 33.1 Å². The van der Waals surface area contributed by atoms with E-state index in [2.05, 4.69) is 61.7 Å². The van der Waals surface area contributed by atoms with Crippen LogP contribution in [0.5, 0.6) is 0 Å². The Balaban J connectivity index is 1.40. The first-order valence-corrected chi connectivity index (χ1v) is 12.9. The van der Waals surface area contributed by atoms with Crippen molar-refractivity contribution >= 4 is 44.7 Å². The van der Waals surface area contributed by atoms with Crippen LogP contribution in [-0.4, -0.2) is 31.1 Å². The Kier molecular flexibility index (Phi) is 5.42. The SMILES string of the molecule is Cc1ccc(-c2nccc3[nH]c(-c4n[nH]c5ccc(-c6cncc(NC(=O)C(C)(C)C)c6)cc45)cc23)s1. The fraction of sp³-hybridized carbons (Fsp3) is 0.172. The van der Waals surface area contributed by atoms with Gasteiger partial charge >= 0.3 is 0 Å². The Morgan fingerprint density at radius 2 is 1.76 bits per heavy atom. The number of nitrogens with zero attached hydrogens (tertiary/aromatic N) is 3. The maximum atomic E-state index is 12.5. The monoisotopic (exact) mass is 506 g/mol. The highest BCUT2D eigenvalue weighted by atomic mass is 32.1. The summed E-state index contributed by atoms with van der Waals surface area (Å²) in [6.07, 6.45) is 5.31. The Morgan fingerprint density at radius 3 is 2.54 bits per heavy atom. The van der Waals surface area contributed by atoms with Gasteiger partial charge in [0.1, 0.15) is 5.69 Å². The van der Waals surface area contributed by atoms with Crippen molar-refractivity contribution < 1.29 is 4.79 Å². The number of fused-ring (bicyclic) bond motifs is 2. The normalized spacial score (nSPS) is 11.9. The van der Waals surface area contributed by atoms with Crippen molar-refractivity contribution in [2.75, 3.05) is 5.32 Å². The number of rotatable bonds is 4. The summed E-state index contributed by atoms with van der Waals surface area (Å²) < 4.78 is 0. The summed E-state index contributed by atoms with van der Waals surface area (Å²) in [6, 6.07) is 16.5. The number of hydrogen-bond donors (Lipinski definition) is 3. The molecule has 0 unspecified atom stereocenters. The Bertz CT molecular complexity index is 1790. The smallest absolute Gasteiger partial charge is 0.229 e. The summed E-state index contributed by atoms with van der Waals surface area (Å²) in [4.78, 5) is 27.4. The number of carbonyl (C=O) groups excluding carboxylic acids is 1. The molecule has 0 aliphatic rings. The van der Waals surface area contributed by atoms with Crippen molar-refractivity contribution in [1.29, 1.82) is 0 Å². The number of benzene rings is 1. The maximum absolute atomic E-state index is 12.5. The Labute approximate surface area is 218 Å². The quantitative estimate of drug-likeness (QED) is 0.236. The number of amides is 1. The molecule has 0 saturated carbocycles. The fourth-order valence-electron chi connectivity index (χ4n) is 4.32. The van der Waals surface area contributed by atoms with Gasteiger partial charge in [-0.15, -0.1) is 11.3 Å². The molecule has 0 fully saturated rings. The lowest BCUT2D eigenvalue weighted by atomic mass is 9.95. The molecule has 7 nitrogen and oxygen atoms in total. The molecule has 5 aromatic heterocycles. The van der Waals surface area contributed by atoms with Gasteiger partial charge in [-0.05, 0) is 55.0 Å². The maximum Gasteiger partial charge on any atom is 0.229 e. The van der Waals surface area contributed by atoms with Gasteiger partial charge < -0.3 is 10.3 Å². The van der Waals surface area contributed by atoms with E-state index in [1.54, 1.807) is 23.7 Å². The predicted octanol–water partition coefficient (Wildman–Crippen LogP) is 7.19. The summed E-state index contributed by atoms with van der Waals surface area (Å²) in [6.45, 7) is 7.77. The van der Waals surface area contributed by atoms with Crippen LogP contribution in [0.1, 0.15) is 25.6 Å². The lowest BCUT2D eigenvalue weighted by Gasteiger charge is -2.17. The number of carbonyl (C=O) groups is 1. The van der Waals surface area contributed by atoms with Gasteiger partial charge in [-0.25, -0.2) is 0 Å². The van der Waals surface area contributed by atoms with Crippen LogP contribution in [0.25, 0.3) is 54.9 Å². The lowest BCUT2D eigenvalue weighted by molar-refractivity contribution is -0.123. The van der Waals surface area contributed by atoms with Crippen LogP contribution < -0.4 is 5.32 Å². The van der Waals surface area contributed by atoms with Crippen molar-refractivity contribution in [2.24, 2.45) is 5.41 Å². The number of anilines is 1. The number of aromatic nitrogens is 5. The number of hydrogen-bond acceptors (Lipinski definition) is 5. The van der Waals surface area contributed by atoms with E-state index in [0.29, 0.717) is 5.69 Å². The molecule has 184 valence electrons. The van der Waals surface area contributed by atoms with Gasteiger partial charge in [0.05, 0.1) is 33.7 Å².